The number of aryl methyl sites for hydroxylation is 1. The highest BCUT2D eigenvalue weighted by Crippen LogP contribution is 2.28. The standard InChI is InChI=1S/C28H33N3O6/c1-17-14-20(11-13-23(17)33)24(25(34)29-21-12-10-18-8-6-7-9-19(18)15-21)31(5)26(35)22(16-32)30-27(36)37-28(2,3)4/h6-15,22,24,32-33H,16H2,1-5H3,(H,29,34)(H,30,36). The molecule has 2 atom stereocenters. The van der Waals surface area contributed by atoms with Gasteiger partial charge in [0.15, 0.2) is 0 Å². The fourth-order valence-corrected chi connectivity index (χ4v) is 3.89. The summed E-state index contributed by atoms with van der Waals surface area (Å²) in [7, 11) is 1.41. The molecule has 0 heterocycles. The molecule has 0 radical (unpaired) electrons. The molecule has 37 heavy (non-hydrogen) atoms. The van der Waals surface area contributed by atoms with Gasteiger partial charge in [-0.3, -0.25) is 9.59 Å². The van der Waals surface area contributed by atoms with E-state index in [4.69, 9.17) is 4.74 Å². The summed E-state index contributed by atoms with van der Waals surface area (Å²) in [6, 6.07) is 15.3. The van der Waals surface area contributed by atoms with Crippen LogP contribution in [0.1, 0.15) is 37.9 Å². The zero-order valence-electron chi connectivity index (χ0n) is 21.6. The minimum Gasteiger partial charge on any atom is -0.508 e. The molecule has 0 saturated heterocycles. The Morgan fingerprint density at radius 2 is 1.68 bits per heavy atom. The molecule has 2 unspecified atom stereocenters. The maximum absolute atomic E-state index is 13.6. The predicted octanol–water partition coefficient (Wildman–Crippen LogP) is 3.88. The molecule has 196 valence electrons. The first-order valence-corrected chi connectivity index (χ1v) is 11.9. The SMILES string of the molecule is Cc1cc(C(C(=O)Nc2ccc3ccccc3c2)N(C)C(=O)C(CO)NC(=O)OC(C)(C)C)ccc1O. The van der Waals surface area contributed by atoms with Crippen molar-refractivity contribution in [1.82, 2.24) is 10.2 Å². The molecule has 3 aromatic carbocycles. The van der Waals surface area contributed by atoms with Gasteiger partial charge in [-0.25, -0.2) is 4.79 Å². The van der Waals surface area contributed by atoms with Crippen LogP contribution in [0.3, 0.4) is 0 Å². The van der Waals surface area contributed by atoms with Gasteiger partial charge in [-0.2, -0.15) is 0 Å². The lowest BCUT2D eigenvalue weighted by atomic mass is 10.0. The summed E-state index contributed by atoms with van der Waals surface area (Å²) < 4.78 is 5.20. The second kappa shape index (κ2) is 11.3. The number of ether oxygens (including phenoxy) is 1. The lowest BCUT2D eigenvalue weighted by Gasteiger charge is -2.31. The number of aliphatic hydroxyl groups is 1. The van der Waals surface area contributed by atoms with Crippen LogP contribution < -0.4 is 10.6 Å². The maximum Gasteiger partial charge on any atom is 0.408 e. The summed E-state index contributed by atoms with van der Waals surface area (Å²) in [6.45, 7) is 6.01. The number of carbonyl (C=O) groups excluding carboxylic acids is 3. The number of hydrogen-bond donors (Lipinski definition) is 4. The van der Waals surface area contributed by atoms with Crippen LogP contribution in [0.5, 0.6) is 5.75 Å². The Morgan fingerprint density at radius 1 is 1.00 bits per heavy atom. The number of rotatable bonds is 7. The first kappa shape index (κ1) is 27.5. The van der Waals surface area contributed by atoms with Gasteiger partial charge in [-0.1, -0.05) is 36.4 Å². The highest BCUT2D eigenvalue weighted by atomic mass is 16.6. The van der Waals surface area contributed by atoms with Crippen LogP contribution in [0.4, 0.5) is 10.5 Å². The average molecular weight is 508 g/mol. The highest BCUT2D eigenvalue weighted by Gasteiger charge is 2.34. The summed E-state index contributed by atoms with van der Waals surface area (Å²) in [6.07, 6.45) is -0.869. The summed E-state index contributed by atoms with van der Waals surface area (Å²) in [5, 5.41) is 27.0. The number of carbonyl (C=O) groups is 3. The normalized spacial score (nSPS) is 12.9. The van der Waals surface area contributed by atoms with Crippen molar-refractivity contribution >= 4 is 34.4 Å². The van der Waals surface area contributed by atoms with Gasteiger partial charge in [0.1, 0.15) is 23.4 Å². The second-order valence-electron chi connectivity index (χ2n) is 9.83. The van der Waals surface area contributed by atoms with Gasteiger partial charge >= 0.3 is 6.09 Å². The molecule has 0 saturated carbocycles. The van der Waals surface area contributed by atoms with Crippen molar-refractivity contribution in [2.24, 2.45) is 0 Å². The molecular weight excluding hydrogens is 474 g/mol. The van der Waals surface area contributed by atoms with Crippen LogP contribution >= 0.6 is 0 Å². The highest BCUT2D eigenvalue weighted by molar-refractivity contribution is 6.00. The van der Waals surface area contributed by atoms with E-state index in [2.05, 4.69) is 10.6 Å². The van der Waals surface area contributed by atoms with Crippen LogP contribution in [-0.2, 0) is 14.3 Å². The van der Waals surface area contributed by atoms with Gasteiger partial charge in [-0.15, -0.1) is 0 Å². The van der Waals surface area contributed by atoms with Crippen molar-refractivity contribution in [3.8, 4) is 5.75 Å². The summed E-state index contributed by atoms with van der Waals surface area (Å²) >= 11 is 0. The van der Waals surface area contributed by atoms with Crippen molar-refractivity contribution in [3.05, 3.63) is 71.8 Å². The molecule has 3 amide bonds. The Morgan fingerprint density at radius 3 is 2.30 bits per heavy atom. The van der Waals surface area contributed by atoms with E-state index < -0.39 is 42.2 Å². The molecule has 0 aliphatic carbocycles. The molecule has 0 aliphatic heterocycles. The number of phenolic OH excluding ortho intramolecular Hbond substituents is 1. The fourth-order valence-electron chi connectivity index (χ4n) is 3.89. The number of benzene rings is 3. The number of amides is 3. The third-order valence-corrected chi connectivity index (χ3v) is 5.71. The fraction of sp³-hybridized carbons (Fsp3) is 0.321. The summed E-state index contributed by atoms with van der Waals surface area (Å²) in [5.41, 5.74) is 0.701. The van der Waals surface area contributed by atoms with E-state index in [0.29, 0.717) is 16.8 Å². The third-order valence-electron chi connectivity index (χ3n) is 5.71. The van der Waals surface area contributed by atoms with E-state index in [1.165, 1.54) is 13.1 Å². The van der Waals surface area contributed by atoms with Gasteiger partial charge in [0.2, 0.25) is 5.91 Å². The largest absolute Gasteiger partial charge is 0.508 e. The average Bonchev–Trinajstić information content (AvgIpc) is 2.83. The molecule has 4 N–H and O–H groups in total. The van der Waals surface area contributed by atoms with Gasteiger partial charge in [-0.05, 0) is 73.9 Å². The Kier molecular flexibility index (Phi) is 8.39. The maximum atomic E-state index is 13.6. The van der Waals surface area contributed by atoms with Crippen molar-refractivity contribution in [2.45, 2.75) is 45.4 Å². The number of fused-ring (bicyclic) bond motifs is 1. The Labute approximate surface area is 216 Å². The topological polar surface area (TPSA) is 128 Å². The first-order valence-electron chi connectivity index (χ1n) is 11.9. The lowest BCUT2D eigenvalue weighted by molar-refractivity contribution is -0.139. The molecule has 3 rings (SSSR count). The van der Waals surface area contributed by atoms with E-state index in [1.54, 1.807) is 45.9 Å². The van der Waals surface area contributed by atoms with E-state index in [0.717, 1.165) is 15.7 Å². The molecule has 9 nitrogen and oxygen atoms in total. The molecule has 0 fully saturated rings. The lowest BCUT2D eigenvalue weighted by Crippen LogP contribution is -2.52. The summed E-state index contributed by atoms with van der Waals surface area (Å²) in [4.78, 5) is 40.3. The number of alkyl carbamates (subject to hydrolysis) is 1. The molecular formula is C28H33N3O6. The van der Waals surface area contributed by atoms with Gasteiger partial charge in [0.05, 0.1) is 6.61 Å². The number of phenols is 1. The molecule has 3 aromatic rings. The second-order valence-corrected chi connectivity index (χ2v) is 9.83. The van der Waals surface area contributed by atoms with Crippen molar-refractivity contribution in [1.29, 1.82) is 0 Å². The number of nitrogens with zero attached hydrogens (tertiary/aromatic N) is 1. The van der Waals surface area contributed by atoms with E-state index in [1.807, 2.05) is 36.4 Å². The van der Waals surface area contributed by atoms with Crippen LogP contribution in [0.25, 0.3) is 10.8 Å². The number of hydrogen-bond acceptors (Lipinski definition) is 6. The van der Waals surface area contributed by atoms with E-state index in [9.17, 15) is 24.6 Å². The van der Waals surface area contributed by atoms with E-state index in [-0.39, 0.29) is 5.75 Å². The Bertz CT molecular complexity index is 1300. The molecule has 9 heteroatoms. The quantitative estimate of drug-likeness (QED) is 0.384. The number of anilines is 1. The summed E-state index contributed by atoms with van der Waals surface area (Å²) in [5.74, 6) is -1.16. The van der Waals surface area contributed by atoms with Crippen molar-refractivity contribution in [2.75, 3.05) is 19.0 Å². The molecule has 0 aliphatic rings. The van der Waals surface area contributed by atoms with E-state index >= 15 is 0 Å². The number of nitrogens with one attached hydrogen (secondary N) is 2. The van der Waals surface area contributed by atoms with Gasteiger partial charge in [0, 0.05) is 12.7 Å². The van der Waals surface area contributed by atoms with Gasteiger partial charge < -0.3 is 30.5 Å². The first-order chi connectivity index (χ1) is 17.4. The molecule has 0 bridgehead atoms. The van der Waals surface area contributed by atoms with Crippen LogP contribution in [-0.4, -0.2) is 58.3 Å². The number of likely N-dealkylation sites (N-methyl/N-ethyl adjacent to an activating group) is 1. The minimum atomic E-state index is -1.34. The Balaban J connectivity index is 1.91. The number of aromatic hydroxyl groups is 1. The third kappa shape index (κ3) is 6.98. The Hall–Kier alpha value is -4.11. The molecule has 0 spiro atoms. The zero-order chi connectivity index (χ0) is 27.3. The molecule has 0 aromatic heterocycles. The van der Waals surface area contributed by atoms with Crippen LogP contribution in [0.2, 0.25) is 0 Å². The van der Waals surface area contributed by atoms with Crippen molar-refractivity contribution < 1.29 is 29.3 Å². The van der Waals surface area contributed by atoms with Crippen LogP contribution in [0.15, 0.2) is 60.7 Å². The monoisotopic (exact) mass is 507 g/mol. The van der Waals surface area contributed by atoms with Crippen LogP contribution in [0, 0.1) is 6.92 Å². The minimum absolute atomic E-state index is 0.0474. The van der Waals surface area contributed by atoms with Crippen molar-refractivity contribution in [3.63, 3.8) is 0 Å². The smallest absolute Gasteiger partial charge is 0.408 e. The number of aliphatic hydroxyl groups excluding tert-OH is 1. The zero-order valence-corrected chi connectivity index (χ0v) is 21.6. The van der Waals surface area contributed by atoms with Gasteiger partial charge in [0.25, 0.3) is 5.91 Å². The predicted molar refractivity (Wildman–Crippen MR) is 141 cm³/mol.